The van der Waals surface area contributed by atoms with Crippen LogP contribution in [0.15, 0.2) is 30.5 Å². The number of ether oxygens (including phenoxy) is 1. The maximum atomic E-state index is 13.9. The Hall–Kier alpha value is -2.76. The number of ketones is 1. The molecule has 0 saturated heterocycles. The summed E-state index contributed by atoms with van der Waals surface area (Å²) in [5, 5.41) is 3.03. The van der Waals surface area contributed by atoms with Crippen LogP contribution in [0.5, 0.6) is 5.75 Å². The Morgan fingerprint density at radius 3 is 2.86 bits per heavy atom. The summed E-state index contributed by atoms with van der Waals surface area (Å²) in [6.07, 6.45) is 7.28. The van der Waals surface area contributed by atoms with Crippen molar-refractivity contribution in [2.24, 2.45) is 0 Å². The number of aromatic nitrogens is 2. The van der Waals surface area contributed by atoms with Gasteiger partial charge in [0.15, 0.2) is 5.78 Å². The maximum absolute atomic E-state index is 13.9. The summed E-state index contributed by atoms with van der Waals surface area (Å²) in [5.41, 5.74) is 3.02. The highest BCUT2D eigenvalue weighted by atomic mass is 19.1. The van der Waals surface area contributed by atoms with Gasteiger partial charge >= 0.3 is 0 Å². The molecule has 0 bridgehead atoms. The number of allylic oxidation sites excluding steroid dienone is 1. The third-order valence-electron chi connectivity index (χ3n) is 5.81. The Kier molecular flexibility index (Phi) is 4.02. The van der Waals surface area contributed by atoms with Crippen LogP contribution in [0.2, 0.25) is 0 Å². The molecule has 0 atom stereocenters. The van der Waals surface area contributed by atoms with Gasteiger partial charge in [0.05, 0.1) is 24.2 Å². The van der Waals surface area contributed by atoms with Gasteiger partial charge in [-0.15, -0.1) is 0 Å². The summed E-state index contributed by atoms with van der Waals surface area (Å²) in [4.78, 5) is 21.4. The van der Waals surface area contributed by atoms with Gasteiger partial charge in [0.2, 0.25) is 5.95 Å². The minimum Gasteiger partial charge on any atom is -0.487 e. The minimum absolute atomic E-state index is 0.112. The molecular formula is C23H24FN3O2. The lowest BCUT2D eigenvalue weighted by Crippen LogP contribution is -2.35. The molecule has 2 heterocycles. The quantitative estimate of drug-likeness (QED) is 0.828. The molecule has 5 nitrogen and oxygen atoms in total. The molecule has 2 aliphatic carbocycles. The van der Waals surface area contributed by atoms with Gasteiger partial charge in [0, 0.05) is 11.8 Å². The first-order valence-electron chi connectivity index (χ1n) is 10.2. The summed E-state index contributed by atoms with van der Waals surface area (Å²) in [7, 11) is 0. The lowest BCUT2D eigenvalue weighted by Gasteiger charge is -2.32. The third-order valence-corrected chi connectivity index (χ3v) is 5.81. The zero-order valence-electron chi connectivity index (χ0n) is 16.7. The molecule has 0 radical (unpaired) electrons. The standard InChI is InChI=1S/C23H24FN3O2/c1-22(2)11-19(28)16-7-6-14(10-20(16)29-22)15-4-3-5-18-17(15)12-25-21(27-18)26-13-23(24)8-9-23/h4,6-7,10,12H,3,5,8-9,11,13H2,1-2H3,(H,25,26,27). The maximum Gasteiger partial charge on any atom is 0.222 e. The number of nitrogens with zero attached hydrogens (tertiary/aromatic N) is 2. The number of carbonyl (C=O) groups excluding carboxylic acids is 1. The lowest BCUT2D eigenvalue weighted by molar-refractivity contribution is 0.0620. The van der Waals surface area contributed by atoms with Crippen molar-refractivity contribution in [3.05, 3.63) is 52.9 Å². The van der Waals surface area contributed by atoms with E-state index in [1.165, 1.54) is 0 Å². The average Bonchev–Trinajstić information content (AvgIpc) is 3.42. The van der Waals surface area contributed by atoms with Crippen molar-refractivity contribution in [1.82, 2.24) is 9.97 Å². The molecule has 0 unspecified atom stereocenters. The molecule has 150 valence electrons. The average molecular weight is 393 g/mol. The molecular weight excluding hydrogens is 369 g/mol. The fourth-order valence-electron chi connectivity index (χ4n) is 4.02. The van der Waals surface area contributed by atoms with E-state index < -0.39 is 11.3 Å². The largest absolute Gasteiger partial charge is 0.487 e. The number of hydrogen-bond donors (Lipinski definition) is 1. The molecule has 1 saturated carbocycles. The van der Waals surface area contributed by atoms with Gasteiger partial charge < -0.3 is 10.1 Å². The Labute approximate surface area is 169 Å². The van der Waals surface area contributed by atoms with Crippen molar-refractivity contribution in [2.45, 2.75) is 57.2 Å². The molecule has 2 aromatic rings. The zero-order valence-corrected chi connectivity index (χ0v) is 16.7. The predicted molar refractivity (Wildman–Crippen MR) is 109 cm³/mol. The van der Waals surface area contributed by atoms with Gasteiger partial charge in [-0.25, -0.2) is 14.4 Å². The molecule has 0 amide bonds. The lowest BCUT2D eigenvalue weighted by atomic mass is 9.88. The second-order valence-corrected chi connectivity index (χ2v) is 8.89. The second kappa shape index (κ2) is 6.37. The van der Waals surface area contributed by atoms with Gasteiger partial charge in [0.25, 0.3) is 0 Å². The summed E-state index contributed by atoms with van der Waals surface area (Å²) in [6, 6.07) is 5.76. The number of Topliss-reactive ketones (excluding diaryl/α,β-unsaturated/α-hetero) is 1. The van der Waals surface area contributed by atoms with E-state index in [0.29, 0.717) is 36.5 Å². The highest BCUT2D eigenvalue weighted by molar-refractivity contribution is 6.01. The number of halogens is 1. The van der Waals surface area contributed by atoms with Gasteiger partial charge in [-0.05, 0) is 62.8 Å². The van der Waals surface area contributed by atoms with Crippen molar-refractivity contribution < 1.29 is 13.9 Å². The monoisotopic (exact) mass is 393 g/mol. The van der Waals surface area contributed by atoms with Gasteiger partial charge in [-0.3, -0.25) is 4.79 Å². The van der Waals surface area contributed by atoms with Crippen LogP contribution < -0.4 is 10.1 Å². The molecule has 1 aromatic carbocycles. The number of rotatable bonds is 4. The van der Waals surface area contributed by atoms with Crippen LogP contribution in [-0.4, -0.2) is 33.6 Å². The first kappa shape index (κ1) is 18.3. The van der Waals surface area contributed by atoms with Crippen molar-refractivity contribution in [3.8, 4) is 5.75 Å². The Morgan fingerprint density at radius 2 is 2.07 bits per heavy atom. The molecule has 3 aliphatic rings. The molecule has 5 rings (SSSR count). The number of nitrogens with one attached hydrogen (secondary N) is 1. The van der Waals surface area contributed by atoms with Crippen LogP contribution in [0, 0.1) is 0 Å². The number of hydrogen-bond acceptors (Lipinski definition) is 5. The highest BCUT2D eigenvalue weighted by Gasteiger charge is 2.43. The number of benzene rings is 1. The van der Waals surface area contributed by atoms with Crippen molar-refractivity contribution in [1.29, 1.82) is 0 Å². The Morgan fingerprint density at radius 1 is 1.24 bits per heavy atom. The number of fused-ring (bicyclic) bond motifs is 2. The topological polar surface area (TPSA) is 64.1 Å². The number of carbonyl (C=O) groups is 1. The van der Waals surface area contributed by atoms with Crippen LogP contribution in [0.1, 0.15) is 66.7 Å². The number of aryl methyl sites for hydroxylation is 1. The zero-order chi connectivity index (χ0) is 20.2. The highest BCUT2D eigenvalue weighted by Crippen LogP contribution is 2.40. The molecule has 1 fully saturated rings. The fraction of sp³-hybridized carbons (Fsp3) is 0.435. The van der Waals surface area contributed by atoms with E-state index >= 15 is 0 Å². The van der Waals surface area contributed by atoms with E-state index in [0.717, 1.165) is 35.2 Å². The second-order valence-electron chi connectivity index (χ2n) is 8.89. The molecule has 29 heavy (non-hydrogen) atoms. The molecule has 6 heteroatoms. The first-order valence-corrected chi connectivity index (χ1v) is 10.2. The normalized spacial score (nSPS) is 20.8. The van der Waals surface area contributed by atoms with Crippen LogP contribution in [0.4, 0.5) is 10.3 Å². The fourth-order valence-corrected chi connectivity index (χ4v) is 4.02. The van der Waals surface area contributed by atoms with E-state index in [2.05, 4.69) is 21.4 Å². The van der Waals surface area contributed by atoms with E-state index in [-0.39, 0.29) is 12.3 Å². The predicted octanol–water partition coefficient (Wildman–Crippen LogP) is 4.51. The summed E-state index contributed by atoms with van der Waals surface area (Å²) < 4.78 is 19.9. The van der Waals surface area contributed by atoms with Gasteiger partial charge in [-0.1, -0.05) is 12.1 Å². The molecule has 1 aliphatic heterocycles. The van der Waals surface area contributed by atoms with Crippen LogP contribution in [0.25, 0.3) is 5.57 Å². The molecule has 1 N–H and O–H groups in total. The third kappa shape index (κ3) is 3.52. The minimum atomic E-state index is -1.08. The van der Waals surface area contributed by atoms with Crippen LogP contribution in [0.3, 0.4) is 0 Å². The SMILES string of the molecule is CC1(C)CC(=O)c2ccc(C3=CCCc4nc(NCC5(F)CC5)ncc43)cc2O1. The number of anilines is 1. The van der Waals surface area contributed by atoms with E-state index in [9.17, 15) is 9.18 Å². The Bertz CT molecular complexity index is 1040. The Balaban J connectivity index is 1.44. The summed E-state index contributed by atoms with van der Waals surface area (Å²) in [5.74, 6) is 1.23. The summed E-state index contributed by atoms with van der Waals surface area (Å²) in [6.45, 7) is 4.13. The van der Waals surface area contributed by atoms with E-state index in [4.69, 9.17) is 4.74 Å². The van der Waals surface area contributed by atoms with Crippen LogP contribution in [-0.2, 0) is 6.42 Å². The summed E-state index contributed by atoms with van der Waals surface area (Å²) >= 11 is 0. The molecule has 1 aromatic heterocycles. The van der Waals surface area contributed by atoms with Crippen molar-refractivity contribution >= 4 is 17.3 Å². The molecule has 0 spiro atoms. The first-order chi connectivity index (χ1) is 13.8. The van der Waals surface area contributed by atoms with Gasteiger partial charge in [-0.2, -0.15) is 0 Å². The van der Waals surface area contributed by atoms with Crippen molar-refractivity contribution in [3.63, 3.8) is 0 Å². The smallest absolute Gasteiger partial charge is 0.222 e. The van der Waals surface area contributed by atoms with Crippen LogP contribution >= 0.6 is 0 Å². The van der Waals surface area contributed by atoms with Gasteiger partial charge in [0.1, 0.15) is 17.0 Å². The van der Waals surface area contributed by atoms with E-state index in [1.54, 1.807) is 0 Å². The van der Waals surface area contributed by atoms with Crippen molar-refractivity contribution in [2.75, 3.05) is 11.9 Å². The number of alkyl halides is 1. The van der Waals surface area contributed by atoms with E-state index in [1.807, 2.05) is 38.2 Å².